The molecule has 0 atom stereocenters. The van der Waals surface area contributed by atoms with Gasteiger partial charge < -0.3 is 5.73 Å². The summed E-state index contributed by atoms with van der Waals surface area (Å²) in [6, 6.07) is 5.11. The number of nitrogens with two attached hydrogens (primary N) is 1. The molecule has 0 spiro atoms. The van der Waals surface area contributed by atoms with Crippen LogP contribution in [0.1, 0.15) is 17.4 Å². The first kappa shape index (κ1) is 13.8. The summed E-state index contributed by atoms with van der Waals surface area (Å²) in [5, 5.41) is 0. The number of nitrogens with zero attached hydrogens (tertiary/aromatic N) is 1. The van der Waals surface area contributed by atoms with E-state index in [4.69, 9.17) is 5.73 Å². The van der Waals surface area contributed by atoms with Crippen molar-refractivity contribution in [3.63, 3.8) is 0 Å². The van der Waals surface area contributed by atoms with Crippen LogP contribution in [-0.2, 0) is 16.4 Å². The second-order valence-electron chi connectivity index (χ2n) is 4.11. The third kappa shape index (κ3) is 3.05. The quantitative estimate of drug-likeness (QED) is 0.907. The average Bonchev–Trinajstić information content (AvgIpc) is 2.82. The Balaban J connectivity index is 2.30. The summed E-state index contributed by atoms with van der Waals surface area (Å²) in [7, 11) is -3.57. The lowest BCUT2D eigenvalue weighted by atomic mass is 10.3. The molecule has 0 aromatic carbocycles. The predicted octanol–water partition coefficient (Wildman–Crippen LogP) is 2.40. The Morgan fingerprint density at radius 3 is 2.74 bits per heavy atom. The van der Waals surface area contributed by atoms with Gasteiger partial charge in [0.2, 0.25) is 0 Å². The zero-order valence-corrected chi connectivity index (χ0v) is 12.3. The molecule has 0 aliphatic heterocycles. The van der Waals surface area contributed by atoms with Gasteiger partial charge in [-0.3, -0.25) is 4.72 Å². The number of hydrogen-bond acceptors (Lipinski definition) is 5. The monoisotopic (exact) mass is 297 g/mol. The molecule has 3 N–H and O–H groups in total. The third-order valence-electron chi connectivity index (χ3n) is 2.58. The summed E-state index contributed by atoms with van der Waals surface area (Å²) >= 11 is 1.27. The highest BCUT2D eigenvalue weighted by atomic mass is 32.2. The number of nitrogen functional groups attached to an aromatic ring is 1. The van der Waals surface area contributed by atoms with Gasteiger partial charge in [-0.2, -0.15) is 0 Å². The molecule has 102 valence electrons. The number of nitrogens with one attached hydrogen (secondary N) is 1. The Morgan fingerprint density at radius 2 is 2.16 bits per heavy atom. The van der Waals surface area contributed by atoms with E-state index in [9.17, 15) is 8.42 Å². The largest absolute Gasteiger partial charge is 0.397 e. The lowest BCUT2D eigenvalue weighted by Crippen LogP contribution is -2.13. The van der Waals surface area contributed by atoms with E-state index in [0.29, 0.717) is 21.3 Å². The highest BCUT2D eigenvalue weighted by molar-refractivity contribution is 7.94. The summed E-state index contributed by atoms with van der Waals surface area (Å²) < 4.78 is 27.2. The number of pyridine rings is 1. The van der Waals surface area contributed by atoms with Gasteiger partial charge in [0.15, 0.2) is 0 Å². The molecule has 2 aromatic rings. The van der Waals surface area contributed by atoms with Crippen molar-refractivity contribution in [2.45, 2.75) is 24.5 Å². The lowest BCUT2D eigenvalue weighted by Gasteiger charge is -2.08. The van der Waals surface area contributed by atoms with Crippen molar-refractivity contribution in [2.75, 3.05) is 10.5 Å². The molecule has 2 rings (SSSR count). The van der Waals surface area contributed by atoms with Crippen molar-refractivity contribution < 1.29 is 8.42 Å². The molecule has 0 unspecified atom stereocenters. The van der Waals surface area contributed by atoms with Crippen LogP contribution >= 0.6 is 11.3 Å². The van der Waals surface area contributed by atoms with Crippen LogP contribution in [0.4, 0.5) is 11.5 Å². The Hall–Kier alpha value is -1.60. The SMILES string of the molecule is CCc1ccc(S(=O)(=O)Nc2ncc(N)cc2C)s1. The zero-order valence-electron chi connectivity index (χ0n) is 10.7. The molecular formula is C12H15N3O2S2. The maximum absolute atomic E-state index is 12.2. The third-order valence-corrected chi connectivity index (χ3v) is 5.64. The average molecular weight is 297 g/mol. The minimum absolute atomic E-state index is 0.294. The summed E-state index contributed by atoms with van der Waals surface area (Å²) in [6.07, 6.45) is 2.25. The second-order valence-corrected chi connectivity index (χ2v) is 7.19. The van der Waals surface area contributed by atoms with Crippen molar-refractivity contribution >= 4 is 32.9 Å². The van der Waals surface area contributed by atoms with E-state index >= 15 is 0 Å². The predicted molar refractivity (Wildman–Crippen MR) is 77.9 cm³/mol. The van der Waals surface area contributed by atoms with E-state index in [1.165, 1.54) is 17.5 Å². The fourth-order valence-corrected chi connectivity index (χ4v) is 3.95. The van der Waals surface area contributed by atoms with Crippen molar-refractivity contribution in [1.29, 1.82) is 0 Å². The van der Waals surface area contributed by atoms with Crippen molar-refractivity contribution in [3.8, 4) is 0 Å². The van der Waals surface area contributed by atoms with Crippen LogP contribution in [0.5, 0.6) is 0 Å². The molecule has 0 bridgehead atoms. The van der Waals surface area contributed by atoms with Gasteiger partial charge in [0.1, 0.15) is 10.0 Å². The van der Waals surface area contributed by atoms with E-state index in [1.54, 1.807) is 19.1 Å². The minimum atomic E-state index is -3.57. The molecule has 2 heterocycles. The summed E-state index contributed by atoms with van der Waals surface area (Å²) in [5.74, 6) is 0.306. The molecule has 0 amide bonds. The summed E-state index contributed by atoms with van der Waals surface area (Å²) in [4.78, 5) is 5.03. The first-order valence-electron chi connectivity index (χ1n) is 5.76. The normalized spacial score (nSPS) is 11.5. The first-order valence-corrected chi connectivity index (χ1v) is 8.06. The molecule has 0 aliphatic carbocycles. The van der Waals surface area contributed by atoms with Crippen molar-refractivity contribution in [3.05, 3.63) is 34.8 Å². The van der Waals surface area contributed by atoms with Gasteiger partial charge in [-0.15, -0.1) is 11.3 Å². The zero-order chi connectivity index (χ0) is 14.0. The smallest absolute Gasteiger partial charge is 0.272 e. The summed E-state index contributed by atoms with van der Waals surface area (Å²) in [5.41, 5.74) is 6.78. The van der Waals surface area contributed by atoms with E-state index in [0.717, 1.165) is 11.3 Å². The number of hydrogen-bond donors (Lipinski definition) is 2. The van der Waals surface area contributed by atoms with E-state index < -0.39 is 10.0 Å². The molecule has 0 saturated heterocycles. The molecule has 7 heteroatoms. The Morgan fingerprint density at radius 1 is 1.42 bits per heavy atom. The molecular weight excluding hydrogens is 282 g/mol. The highest BCUT2D eigenvalue weighted by Gasteiger charge is 2.18. The first-order chi connectivity index (χ1) is 8.92. The fraction of sp³-hybridized carbons (Fsp3) is 0.250. The maximum Gasteiger partial charge on any atom is 0.272 e. The molecule has 0 aliphatic rings. The van der Waals surface area contributed by atoms with Crippen LogP contribution in [0.15, 0.2) is 28.6 Å². The molecule has 0 saturated carbocycles. The maximum atomic E-state index is 12.2. The van der Waals surface area contributed by atoms with Gasteiger partial charge in [-0.1, -0.05) is 6.92 Å². The number of anilines is 2. The minimum Gasteiger partial charge on any atom is -0.397 e. The van der Waals surface area contributed by atoms with Crippen molar-refractivity contribution in [2.24, 2.45) is 0 Å². The van der Waals surface area contributed by atoms with Gasteiger partial charge in [-0.25, -0.2) is 13.4 Å². The van der Waals surface area contributed by atoms with E-state index in [1.807, 2.05) is 13.0 Å². The van der Waals surface area contributed by atoms with Crippen molar-refractivity contribution in [1.82, 2.24) is 4.98 Å². The Bertz CT molecular complexity index is 693. The fourth-order valence-electron chi connectivity index (χ4n) is 1.57. The van der Waals surface area contributed by atoms with Crippen LogP contribution in [0.3, 0.4) is 0 Å². The molecule has 2 aromatic heterocycles. The van der Waals surface area contributed by atoms with Gasteiger partial charge >= 0.3 is 0 Å². The Kier molecular flexibility index (Phi) is 3.77. The molecule has 19 heavy (non-hydrogen) atoms. The van der Waals surface area contributed by atoms with Gasteiger partial charge in [-0.05, 0) is 37.1 Å². The number of sulfonamides is 1. The number of aryl methyl sites for hydroxylation is 2. The van der Waals surface area contributed by atoms with Crippen LogP contribution in [0.2, 0.25) is 0 Å². The Labute approximate surface area is 116 Å². The van der Waals surface area contributed by atoms with E-state index in [2.05, 4.69) is 9.71 Å². The van der Waals surface area contributed by atoms with Gasteiger partial charge in [0.05, 0.1) is 11.9 Å². The van der Waals surface area contributed by atoms with Gasteiger partial charge in [0.25, 0.3) is 10.0 Å². The van der Waals surface area contributed by atoms with Crippen LogP contribution in [-0.4, -0.2) is 13.4 Å². The van der Waals surface area contributed by atoms with Crippen LogP contribution < -0.4 is 10.5 Å². The highest BCUT2D eigenvalue weighted by Crippen LogP contribution is 2.25. The van der Waals surface area contributed by atoms with E-state index in [-0.39, 0.29) is 0 Å². The van der Waals surface area contributed by atoms with Crippen LogP contribution in [0.25, 0.3) is 0 Å². The number of thiophene rings is 1. The topological polar surface area (TPSA) is 85.1 Å². The summed E-state index contributed by atoms with van der Waals surface area (Å²) in [6.45, 7) is 3.74. The number of aromatic nitrogens is 1. The number of rotatable bonds is 4. The molecule has 5 nitrogen and oxygen atoms in total. The molecule has 0 radical (unpaired) electrons. The van der Waals surface area contributed by atoms with Crippen LogP contribution in [0, 0.1) is 6.92 Å². The molecule has 0 fully saturated rings. The standard InChI is InChI=1S/C12H15N3O2S2/c1-3-10-4-5-11(18-10)19(16,17)15-12-8(2)6-9(13)7-14-12/h4-7H,3,13H2,1-2H3,(H,14,15). The van der Waals surface area contributed by atoms with Gasteiger partial charge in [0, 0.05) is 4.88 Å². The second kappa shape index (κ2) is 5.18. The lowest BCUT2D eigenvalue weighted by molar-refractivity contribution is 0.603.